The number of hydrogen-bond acceptors (Lipinski definition) is 2. The fraction of sp³-hybridized carbons (Fsp3) is 0.0625. The normalized spacial score (nSPS) is 10.4. The summed E-state index contributed by atoms with van der Waals surface area (Å²) >= 11 is 5.32. The van der Waals surface area contributed by atoms with E-state index in [0.29, 0.717) is 0 Å². The Bertz CT molecular complexity index is 517. The standard InChI is InChI=1S/C16H15NS/c18-16(15-9-5-2-6-10-15)11-12-17-13-14-7-3-1-4-8-14/h1-12,17H,13H2. The van der Waals surface area contributed by atoms with Crippen molar-refractivity contribution >= 4 is 17.1 Å². The van der Waals surface area contributed by atoms with Crippen LogP contribution in [0.3, 0.4) is 0 Å². The summed E-state index contributed by atoms with van der Waals surface area (Å²) in [4.78, 5) is 0.844. The van der Waals surface area contributed by atoms with E-state index in [1.54, 1.807) is 0 Å². The smallest absolute Gasteiger partial charge is 0.0463 e. The zero-order valence-electron chi connectivity index (χ0n) is 10.0. The number of benzene rings is 2. The van der Waals surface area contributed by atoms with Gasteiger partial charge in [0.2, 0.25) is 0 Å². The van der Waals surface area contributed by atoms with Crippen molar-refractivity contribution in [2.45, 2.75) is 6.54 Å². The molecular formula is C16H15NS. The van der Waals surface area contributed by atoms with Crippen LogP contribution in [0.2, 0.25) is 0 Å². The first-order valence-corrected chi connectivity index (χ1v) is 6.30. The maximum atomic E-state index is 5.32. The third-order valence-electron chi connectivity index (χ3n) is 2.56. The molecule has 2 heteroatoms. The fourth-order valence-corrected chi connectivity index (χ4v) is 1.81. The highest BCUT2D eigenvalue weighted by Crippen LogP contribution is 2.02. The summed E-state index contributed by atoms with van der Waals surface area (Å²) in [6, 6.07) is 20.3. The second-order valence-corrected chi connectivity index (χ2v) is 4.37. The Hall–Kier alpha value is -1.93. The predicted octanol–water partition coefficient (Wildman–Crippen LogP) is 3.71. The molecule has 0 bridgehead atoms. The highest BCUT2D eigenvalue weighted by molar-refractivity contribution is 7.81. The molecule has 2 aromatic rings. The van der Waals surface area contributed by atoms with Gasteiger partial charge in [0.1, 0.15) is 0 Å². The van der Waals surface area contributed by atoms with E-state index in [1.807, 2.05) is 60.8 Å². The minimum atomic E-state index is 0.814. The largest absolute Gasteiger partial charge is 0.387 e. The van der Waals surface area contributed by atoms with Crippen LogP contribution in [0.4, 0.5) is 0 Å². The van der Waals surface area contributed by atoms with E-state index in [9.17, 15) is 0 Å². The lowest BCUT2D eigenvalue weighted by atomic mass is 10.1. The quantitative estimate of drug-likeness (QED) is 0.495. The maximum Gasteiger partial charge on any atom is 0.0463 e. The highest BCUT2D eigenvalue weighted by Gasteiger charge is 1.94. The van der Waals surface area contributed by atoms with Gasteiger partial charge in [0.15, 0.2) is 0 Å². The minimum Gasteiger partial charge on any atom is -0.387 e. The van der Waals surface area contributed by atoms with E-state index in [0.717, 1.165) is 17.0 Å². The molecule has 1 nitrogen and oxygen atoms in total. The summed E-state index contributed by atoms with van der Waals surface area (Å²) in [5.74, 6) is 0. The van der Waals surface area contributed by atoms with Crippen molar-refractivity contribution in [3.05, 3.63) is 84.1 Å². The molecule has 0 amide bonds. The second kappa shape index (κ2) is 6.72. The van der Waals surface area contributed by atoms with Gasteiger partial charge >= 0.3 is 0 Å². The van der Waals surface area contributed by atoms with Crippen LogP contribution in [-0.4, -0.2) is 4.86 Å². The molecule has 0 fully saturated rings. The first-order chi connectivity index (χ1) is 8.86. The van der Waals surface area contributed by atoms with Crippen LogP contribution in [-0.2, 0) is 6.54 Å². The van der Waals surface area contributed by atoms with Gasteiger partial charge in [-0.25, -0.2) is 0 Å². The lowest BCUT2D eigenvalue weighted by Gasteiger charge is -2.01. The molecule has 0 atom stereocenters. The molecule has 2 rings (SSSR count). The summed E-state index contributed by atoms with van der Waals surface area (Å²) < 4.78 is 0. The lowest BCUT2D eigenvalue weighted by Crippen LogP contribution is -2.05. The molecule has 0 aromatic heterocycles. The summed E-state index contributed by atoms with van der Waals surface area (Å²) in [5.41, 5.74) is 2.33. The molecule has 0 aliphatic carbocycles. The number of allylic oxidation sites excluding steroid dienone is 1. The third kappa shape index (κ3) is 3.82. The molecule has 0 saturated carbocycles. The summed E-state index contributed by atoms with van der Waals surface area (Å²) in [7, 11) is 0. The Kier molecular flexibility index (Phi) is 4.68. The van der Waals surface area contributed by atoms with Crippen LogP contribution < -0.4 is 5.32 Å². The summed E-state index contributed by atoms with van der Waals surface area (Å²) in [5, 5.41) is 3.23. The number of hydrogen-bond donors (Lipinski definition) is 1. The van der Waals surface area contributed by atoms with Crippen LogP contribution in [0.25, 0.3) is 0 Å². The third-order valence-corrected chi connectivity index (χ3v) is 2.93. The molecule has 0 radical (unpaired) electrons. The fourth-order valence-electron chi connectivity index (χ4n) is 1.61. The lowest BCUT2D eigenvalue weighted by molar-refractivity contribution is 0.871. The zero-order valence-corrected chi connectivity index (χ0v) is 10.9. The molecule has 0 aliphatic heterocycles. The van der Waals surface area contributed by atoms with Gasteiger partial charge in [0, 0.05) is 11.4 Å². The van der Waals surface area contributed by atoms with Crippen molar-refractivity contribution < 1.29 is 0 Å². The average molecular weight is 253 g/mol. The van der Waals surface area contributed by atoms with Gasteiger partial charge in [0.05, 0.1) is 0 Å². The Morgan fingerprint density at radius 3 is 2.22 bits per heavy atom. The Morgan fingerprint density at radius 1 is 0.944 bits per heavy atom. The molecule has 18 heavy (non-hydrogen) atoms. The summed E-state index contributed by atoms with van der Waals surface area (Å²) in [6.07, 6.45) is 3.83. The minimum absolute atomic E-state index is 0.814. The molecule has 0 saturated heterocycles. The predicted molar refractivity (Wildman–Crippen MR) is 80.6 cm³/mol. The number of thiocarbonyl (C=S) groups is 1. The molecule has 0 aliphatic rings. The van der Waals surface area contributed by atoms with Gasteiger partial charge in [-0.15, -0.1) is 0 Å². The van der Waals surface area contributed by atoms with Gasteiger partial charge in [-0.2, -0.15) is 0 Å². The van der Waals surface area contributed by atoms with Gasteiger partial charge in [-0.1, -0.05) is 72.9 Å². The monoisotopic (exact) mass is 253 g/mol. The van der Waals surface area contributed by atoms with Crippen molar-refractivity contribution in [3.63, 3.8) is 0 Å². The SMILES string of the molecule is S=C(C=CNCc1ccccc1)c1ccccc1. The number of nitrogens with one attached hydrogen (secondary N) is 1. The average Bonchev–Trinajstić information content (AvgIpc) is 2.45. The highest BCUT2D eigenvalue weighted by atomic mass is 32.1. The molecule has 0 unspecified atom stereocenters. The Labute approximate surface area is 113 Å². The van der Waals surface area contributed by atoms with Gasteiger partial charge in [-0.05, 0) is 23.4 Å². The molecular weight excluding hydrogens is 238 g/mol. The van der Waals surface area contributed by atoms with E-state index in [2.05, 4.69) is 17.4 Å². The van der Waals surface area contributed by atoms with Gasteiger partial charge in [0.25, 0.3) is 0 Å². The Morgan fingerprint density at radius 2 is 1.56 bits per heavy atom. The van der Waals surface area contributed by atoms with Crippen LogP contribution in [0, 0.1) is 0 Å². The zero-order chi connectivity index (χ0) is 12.6. The van der Waals surface area contributed by atoms with E-state index in [4.69, 9.17) is 12.2 Å². The van der Waals surface area contributed by atoms with Crippen molar-refractivity contribution in [1.29, 1.82) is 0 Å². The van der Waals surface area contributed by atoms with Crippen LogP contribution >= 0.6 is 12.2 Å². The first kappa shape index (κ1) is 12.5. The first-order valence-electron chi connectivity index (χ1n) is 5.89. The molecule has 2 aromatic carbocycles. The maximum absolute atomic E-state index is 5.32. The van der Waals surface area contributed by atoms with Crippen LogP contribution in [0.15, 0.2) is 72.9 Å². The molecule has 90 valence electrons. The van der Waals surface area contributed by atoms with E-state index < -0.39 is 0 Å². The summed E-state index contributed by atoms with van der Waals surface area (Å²) in [6.45, 7) is 0.814. The van der Waals surface area contributed by atoms with E-state index in [-0.39, 0.29) is 0 Å². The Balaban J connectivity index is 1.84. The van der Waals surface area contributed by atoms with Crippen LogP contribution in [0.1, 0.15) is 11.1 Å². The van der Waals surface area contributed by atoms with Crippen LogP contribution in [0.5, 0.6) is 0 Å². The van der Waals surface area contributed by atoms with Crippen molar-refractivity contribution in [2.75, 3.05) is 0 Å². The van der Waals surface area contributed by atoms with Crippen molar-refractivity contribution in [2.24, 2.45) is 0 Å². The van der Waals surface area contributed by atoms with Crippen molar-refractivity contribution in [1.82, 2.24) is 5.32 Å². The number of rotatable bonds is 5. The van der Waals surface area contributed by atoms with E-state index in [1.165, 1.54) is 5.56 Å². The van der Waals surface area contributed by atoms with Gasteiger partial charge in [-0.3, -0.25) is 0 Å². The topological polar surface area (TPSA) is 12.0 Å². The molecule has 0 spiro atoms. The van der Waals surface area contributed by atoms with Gasteiger partial charge < -0.3 is 5.32 Å². The molecule has 1 N–H and O–H groups in total. The molecule has 0 heterocycles. The second-order valence-electron chi connectivity index (χ2n) is 3.93. The van der Waals surface area contributed by atoms with Crippen molar-refractivity contribution in [3.8, 4) is 0 Å². The van der Waals surface area contributed by atoms with E-state index >= 15 is 0 Å².